The molecule has 2 rings (SSSR count). The molecule has 0 aliphatic rings. The molecule has 140 valence electrons. The molecule has 0 fully saturated rings. The highest BCUT2D eigenvalue weighted by Crippen LogP contribution is 2.27. The topological polar surface area (TPSA) is 63.7 Å². The molecular weight excluding hydrogens is 364 g/mol. The molecule has 0 aliphatic carbocycles. The summed E-state index contributed by atoms with van der Waals surface area (Å²) < 4.78 is 58.1. The molecule has 0 saturated carbocycles. The van der Waals surface area contributed by atoms with Crippen molar-refractivity contribution in [2.75, 3.05) is 13.7 Å². The fraction of sp³-hybridized carbons (Fsp3) is 0.278. The lowest BCUT2D eigenvalue weighted by atomic mass is 10.1. The maximum Gasteiger partial charge on any atom is 0.338 e. The summed E-state index contributed by atoms with van der Waals surface area (Å²) in [4.78, 5) is 11.7. The molecule has 8 heteroatoms. The molecule has 2 aromatic carbocycles. The summed E-state index contributed by atoms with van der Waals surface area (Å²) in [7, 11) is -2.64. The molecule has 2 aromatic rings. The van der Waals surface area contributed by atoms with Crippen molar-refractivity contribution in [2.24, 2.45) is 0 Å². The van der Waals surface area contributed by atoms with E-state index in [-0.39, 0.29) is 17.1 Å². The van der Waals surface area contributed by atoms with Crippen LogP contribution in [-0.4, -0.2) is 32.3 Å². The fourth-order valence-electron chi connectivity index (χ4n) is 2.35. The Morgan fingerprint density at radius 1 is 1.15 bits per heavy atom. The number of sulfonamides is 1. The lowest BCUT2D eigenvalue weighted by Gasteiger charge is -2.25. The van der Waals surface area contributed by atoms with Gasteiger partial charge in [0.25, 0.3) is 0 Å². The molecular formula is C18H19F2NO4S. The minimum absolute atomic E-state index is 0.0972. The van der Waals surface area contributed by atoms with Crippen LogP contribution >= 0.6 is 0 Å². The maximum absolute atomic E-state index is 13.4. The van der Waals surface area contributed by atoms with Gasteiger partial charge in [0.1, 0.15) is 0 Å². The SMILES string of the molecule is CCOC(=O)c1cccc(S(=O)(=O)N(C)C(C)c2ccc(F)c(F)c2)c1. The van der Waals surface area contributed by atoms with Crippen molar-refractivity contribution in [2.45, 2.75) is 24.8 Å². The van der Waals surface area contributed by atoms with Crippen molar-refractivity contribution in [3.8, 4) is 0 Å². The standard InChI is InChI=1S/C18H19F2NO4S/c1-4-25-18(22)14-6-5-7-15(10-14)26(23,24)21(3)12(2)13-8-9-16(19)17(20)11-13/h5-12H,4H2,1-3H3. The van der Waals surface area contributed by atoms with Gasteiger partial charge in [0, 0.05) is 13.1 Å². The third kappa shape index (κ3) is 4.08. The van der Waals surface area contributed by atoms with Gasteiger partial charge >= 0.3 is 5.97 Å². The van der Waals surface area contributed by atoms with E-state index >= 15 is 0 Å². The van der Waals surface area contributed by atoms with E-state index in [4.69, 9.17) is 4.74 Å². The zero-order valence-electron chi connectivity index (χ0n) is 14.6. The van der Waals surface area contributed by atoms with Gasteiger partial charge in [0.05, 0.1) is 17.1 Å². The Morgan fingerprint density at radius 2 is 1.85 bits per heavy atom. The van der Waals surface area contributed by atoms with Gasteiger partial charge in [-0.05, 0) is 49.7 Å². The van der Waals surface area contributed by atoms with E-state index in [1.165, 1.54) is 37.4 Å². The summed E-state index contributed by atoms with van der Waals surface area (Å²) in [6, 6.07) is 7.95. The van der Waals surface area contributed by atoms with Gasteiger partial charge in [0.2, 0.25) is 10.0 Å². The average Bonchev–Trinajstić information content (AvgIpc) is 2.63. The quantitative estimate of drug-likeness (QED) is 0.716. The van der Waals surface area contributed by atoms with E-state index in [9.17, 15) is 22.0 Å². The van der Waals surface area contributed by atoms with Crippen LogP contribution in [0.4, 0.5) is 8.78 Å². The summed E-state index contributed by atoms with van der Waals surface area (Å²) in [5.41, 5.74) is 0.415. The summed E-state index contributed by atoms with van der Waals surface area (Å²) >= 11 is 0. The van der Waals surface area contributed by atoms with Crippen LogP contribution in [0.1, 0.15) is 35.8 Å². The number of carbonyl (C=O) groups is 1. The lowest BCUT2D eigenvalue weighted by Crippen LogP contribution is -2.30. The van der Waals surface area contributed by atoms with Crippen LogP contribution in [0.3, 0.4) is 0 Å². The number of carbonyl (C=O) groups excluding carboxylic acids is 1. The van der Waals surface area contributed by atoms with Crippen molar-refractivity contribution >= 4 is 16.0 Å². The van der Waals surface area contributed by atoms with Crippen molar-refractivity contribution in [3.63, 3.8) is 0 Å². The molecule has 0 saturated heterocycles. The van der Waals surface area contributed by atoms with E-state index in [1.54, 1.807) is 13.8 Å². The molecule has 5 nitrogen and oxygen atoms in total. The first-order chi connectivity index (χ1) is 12.2. The number of rotatable bonds is 6. The van der Waals surface area contributed by atoms with E-state index in [0.29, 0.717) is 5.56 Å². The summed E-state index contributed by atoms with van der Waals surface area (Å²) in [6.45, 7) is 3.37. The number of benzene rings is 2. The first kappa shape index (κ1) is 20.0. The Balaban J connectivity index is 2.35. The van der Waals surface area contributed by atoms with E-state index < -0.39 is 33.7 Å². The molecule has 0 N–H and O–H groups in total. The third-order valence-electron chi connectivity index (χ3n) is 3.99. The normalized spacial score (nSPS) is 12.8. The Bertz CT molecular complexity index is 915. The molecule has 0 spiro atoms. The van der Waals surface area contributed by atoms with E-state index in [1.807, 2.05) is 0 Å². The Labute approximate surface area is 151 Å². The van der Waals surface area contributed by atoms with Gasteiger partial charge in [-0.1, -0.05) is 12.1 Å². The zero-order chi connectivity index (χ0) is 19.5. The van der Waals surface area contributed by atoms with Gasteiger partial charge in [-0.25, -0.2) is 22.0 Å². The van der Waals surface area contributed by atoms with Crippen molar-refractivity contribution in [1.29, 1.82) is 0 Å². The highest BCUT2D eigenvalue weighted by Gasteiger charge is 2.27. The fourth-order valence-corrected chi connectivity index (χ4v) is 3.75. The summed E-state index contributed by atoms with van der Waals surface area (Å²) in [5.74, 6) is -2.68. The summed E-state index contributed by atoms with van der Waals surface area (Å²) in [6.07, 6.45) is 0. The second kappa shape index (κ2) is 7.92. The van der Waals surface area contributed by atoms with Gasteiger partial charge in [-0.3, -0.25) is 0 Å². The molecule has 0 aliphatic heterocycles. The van der Waals surface area contributed by atoms with Crippen LogP contribution in [-0.2, 0) is 14.8 Å². The molecule has 0 heterocycles. The van der Waals surface area contributed by atoms with Gasteiger partial charge < -0.3 is 4.74 Å². The Hall–Kier alpha value is -2.32. The second-order valence-electron chi connectivity index (χ2n) is 5.62. The van der Waals surface area contributed by atoms with Crippen LogP contribution in [0.25, 0.3) is 0 Å². The van der Waals surface area contributed by atoms with Crippen molar-refractivity contribution in [3.05, 3.63) is 65.2 Å². The van der Waals surface area contributed by atoms with Crippen molar-refractivity contribution in [1.82, 2.24) is 4.31 Å². The predicted octanol–water partition coefficient (Wildman–Crippen LogP) is 3.52. The first-order valence-corrected chi connectivity index (χ1v) is 9.32. The highest BCUT2D eigenvalue weighted by molar-refractivity contribution is 7.89. The molecule has 26 heavy (non-hydrogen) atoms. The molecule has 1 atom stereocenters. The van der Waals surface area contributed by atoms with Crippen LogP contribution < -0.4 is 0 Å². The summed E-state index contributed by atoms with van der Waals surface area (Å²) in [5, 5.41) is 0. The molecule has 1 unspecified atom stereocenters. The maximum atomic E-state index is 13.4. The predicted molar refractivity (Wildman–Crippen MR) is 92.1 cm³/mol. The van der Waals surface area contributed by atoms with Gasteiger partial charge in [-0.2, -0.15) is 4.31 Å². The van der Waals surface area contributed by atoms with Crippen LogP contribution in [0, 0.1) is 11.6 Å². The van der Waals surface area contributed by atoms with Crippen LogP contribution in [0.5, 0.6) is 0 Å². The minimum atomic E-state index is -3.97. The Morgan fingerprint density at radius 3 is 2.46 bits per heavy atom. The Kier molecular flexibility index (Phi) is 6.09. The number of esters is 1. The minimum Gasteiger partial charge on any atom is -0.462 e. The first-order valence-electron chi connectivity index (χ1n) is 7.88. The van der Waals surface area contributed by atoms with Crippen molar-refractivity contribution < 1.29 is 26.7 Å². The van der Waals surface area contributed by atoms with Gasteiger partial charge in [-0.15, -0.1) is 0 Å². The number of ether oxygens (including phenoxy) is 1. The van der Waals surface area contributed by atoms with E-state index in [2.05, 4.69) is 0 Å². The smallest absolute Gasteiger partial charge is 0.338 e. The lowest BCUT2D eigenvalue weighted by molar-refractivity contribution is 0.0526. The number of halogens is 2. The van der Waals surface area contributed by atoms with E-state index in [0.717, 1.165) is 16.4 Å². The second-order valence-corrected chi connectivity index (χ2v) is 7.62. The van der Waals surface area contributed by atoms with Crippen LogP contribution in [0.15, 0.2) is 47.4 Å². The largest absolute Gasteiger partial charge is 0.462 e. The molecule has 0 radical (unpaired) electrons. The molecule has 0 aromatic heterocycles. The number of hydrogen-bond acceptors (Lipinski definition) is 4. The number of nitrogens with zero attached hydrogens (tertiary/aromatic N) is 1. The monoisotopic (exact) mass is 383 g/mol. The third-order valence-corrected chi connectivity index (χ3v) is 5.92. The molecule has 0 bridgehead atoms. The molecule has 0 amide bonds. The average molecular weight is 383 g/mol. The zero-order valence-corrected chi connectivity index (χ0v) is 15.4. The van der Waals surface area contributed by atoms with Crippen LogP contribution in [0.2, 0.25) is 0 Å². The number of hydrogen-bond donors (Lipinski definition) is 0. The highest BCUT2D eigenvalue weighted by atomic mass is 32.2. The van der Waals surface area contributed by atoms with Gasteiger partial charge in [0.15, 0.2) is 11.6 Å².